The molecule has 4 nitrogen and oxygen atoms in total. The van der Waals surface area contributed by atoms with E-state index in [1.807, 2.05) is 36.4 Å². The van der Waals surface area contributed by atoms with Crippen LogP contribution >= 0.6 is 0 Å². The summed E-state index contributed by atoms with van der Waals surface area (Å²) < 4.78 is 0. The van der Waals surface area contributed by atoms with Crippen LogP contribution in [0.5, 0.6) is 0 Å². The topological polar surface area (TPSA) is 32.8 Å². The number of amides is 1. The SMILES string of the molecule is CC(=O)N(OCc1ccccc1)C1CCN(Cc2ccccc2)CC1. The molecule has 1 fully saturated rings. The van der Waals surface area contributed by atoms with E-state index in [1.54, 1.807) is 12.0 Å². The minimum atomic E-state index is -0.0163. The molecule has 25 heavy (non-hydrogen) atoms. The molecule has 1 aliphatic rings. The maximum absolute atomic E-state index is 12.0. The average Bonchev–Trinajstić information content (AvgIpc) is 2.65. The zero-order valence-corrected chi connectivity index (χ0v) is 14.8. The number of nitrogens with zero attached hydrogens (tertiary/aromatic N) is 2. The minimum absolute atomic E-state index is 0.0163. The molecule has 2 aromatic carbocycles. The first-order chi connectivity index (χ1) is 12.2. The predicted octanol–water partition coefficient (Wildman–Crippen LogP) is 3.63. The van der Waals surface area contributed by atoms with Crippen LogP contribution in [0.15, 0.2) is 60.7 Å². The molecule has 0 bridgehead atoms. The summed E-state index contributed by atoms with van der Waals surface area (Å²) in [6, 6.07) is 20.7. The van der Waals surface area contributed by atoms with Gasteiger partial charge in [0.05, 0.1) is 6.04 Å². The Hall–Kier alpha value is -2.17. The second-order valence-corrected chi connectivity index (χ2v) is 6.60. The number of hydroxylamine groups is 2. The van der Waals surface area contributed by atoms with Gasteiger partial charge in [0.1, 0.15) is 6.61 Å². The molecule has 3 rings (SSSR count). The van der Waals surface area contributed by atoms with Crippen molar-refractivity contribution >= 4 is 5.91 Å². The molecule has 2 aromatic rings. The Morgan fingerprint density at radius 3 is 2.12 bits per heavy atom. The van der Waals surface area contributed by atoms with E-state index in [9.17, 15) is 4.79 Å². The van der Waals surface area contributed by atoms with Gasteiger partial charge >= 0.3 is 0 Å². The number of hydrogen-bond acceptors (Lipinski definition) is 3. The van der Waals surface area contributed by atoms with Crippen molar-refractivity contribution in [3.8, 4) is 0 Å². The minimum Gasteiger partial charge on any atom is -0.299 e. The van der Waals surface area contributed by atoms with E-state index in [2.05, 4.69) is 29.2 Å². The summed E-state index contributed by atoms with van der Waals surface area (Å²) in [6.07, 6.45) is 1.89. The number of hydrogen-bond donors (Lipinski definition) is 0. The van der Waals surface area contributed by atoms with Gasteiger partial charge in [-0.3, -0.25) is 14.5 Å². The summed E-state index contributed by atoms with van der Waals surface area (Å²) in [6.45, 7) is 4.96. The number of piperidine rings is 1. The number of benzene rings is 2. The average molecular weight is 338 g/mol. The van der Waals surface area contributed by atoms with Crippen molar-refractivity contribution in [1.82, 2.24) is 9.96 Å². The highest BCUT2D eigenvalue weighted by Crippen LogP contribution is 2.20. The Bertz CT molecular complexity index is 652. The second-order valence-electron chi connectivity index (χ2n) is 6.60. The maximum Gasteiger partial charge on any atom is 0.243 e. The Morgan fingerprint density at radius 2 is 1.56 bits per heavy atom. The molecule has 4 heteroatoms. The summed E-state index contributed by atoms with van der Waals surface area (Å²) >= 11 is 0. The van der Waals surface area contributed by atoms with Crippen LogP contribution in [-0.2, 0) is 22.8 Å². The molecular formula is C21H26N2O2. The lowest BCUT2D eigenvalue weighted by Crippen LogP contribution is -2.46. The second kappa shape index (κ2) is 8.79. The summed E-state index contributed by atoms with van der Waals surface area (Å²) in [5, 5.41) is 1.59. The number of carbonyl (C=O) groups excluding carboxylic acids is 1. The monoisotopic (exact) mass is 338 g/mol. The highest BCUT2D eigenvalue weighted by molar-refractivity contribution is 5.72. The fourth-order valence-corrected chi connectivity index (χ4v) is 3.33. The van der Waals surface area contributed by atoms with Gasteiger partial charge in [0, 0.05) is 26.6 Å². The first-order valence-corrected chi connectivity index (χ1v) is 8.95. The van der Waals surface area contributed by atoms with Crippen molar-refractivity contribution in [2.45, 2.75) is 39.0 Å². The Balaban J connectivity index is 1.51. The molecule has 0 atom stereocenters. The molecule has 0 aromatic heterocycles. The molecular weight excluding hydrogens is 312 g/mol. The third-order valence-electron chi connectivity index (χ3n) is 4.66. The molecule has 132 valence electrons. The molecule has 1 amide bonds. The van der Waals surface area contributed by atoms with Gasteiger partial charge in [0.25, 0.3) is 0 Å². The van der Waals surface area contributed by atoms with Gasteiger partial charge in [-0.25, -0.2) is 5.06 Å². The lowest BCUT2D eigenvalue weighted by atomic mass is 10.0. The normalized spacial score (nSPS) is 15.9. The van der Waals surface area contributed by atoms with Gasteiger partial charge < -0.3 is 0 Å². The smallest absolute Gasteiger partial charge is 0.243 e. The summed E-state index contributed by atoms with van der Waals surface area (Å²) in [5.41, 5.74) is 2.42. The van der Waals surface area contributed by atoms with Gasteiger partial charge in [-0.15, -0.1) is 0 Å². The lowest BCUT2D eigenvalue weighted by molar-refractivity contribution is -0.208. The van der Waals surface area contributed by atoms with E-state index in [1.165, 1.54) is 5.56 Å². The predicted molar refractivity (Wildman–Crippen MR) is 98.5 cm³/mol. The highest BCUT2D eigenvalue weighted by atomic mass is 16.7. The van der Waals surface area contributed by atoms with Crippen LogP contribution in [0.3, 0.4) is 0 Å². The Labute approximate surface area is 150 Å². The van der Waals surface area contributed by atoms with Crippen molar-refractivity contribution in [3.63, 3.8) is 0 Å². The quantitative estimate of drug-likeness (QED) is 0.754. The molecule has 0 radical (unpaired) electrons. The largest absolute Gasteiger partial charge is 0.299 e. The Morgan fingerprint density at radius 1 is 1.00 bits per heavy atom. The van der Waals surface area contributed by atoms with E-state index < -0.39 is 0 Å². The van der Waals surface area contributed by atoms with Gasteiger partial charge in [0.15, 0.2) is 0 Å². The summed E-state index contributed by atoms with van der Waals surface area (Å²) in [5.74, 6) is -0.0163. The first kappa shape index (κ1) is 17.6. The van der Waals surface area contributed by atoms with E-state index in [0.717, 1.165) is 38.0 Å². The van der Waals surface area contributed by atoms with Crippen molar-refractivity contribution in [1.29, 1.82) is 0 Å². The van der Waals surface area contributed by atoms with Gasteiger partial charge in [-0.05, 0) is 24.0 Å². The maximum atomic E-state index is 12.0. The molecule has 1 aliphatic heterocycles. The van der Waals surface area contributed by atoms with Crippen LogP contribution in [0.4, 0.5) is 0 Å². The van der Waals surface area contributed by atoms with Crippen LogP contribution in [0.2, 0.25) is 0 Å². The van der Waals surface area contributed by atoms with E-state index in [0.29, 0.717) is 6.61 Å². The molecule has 0 saturated carbocycles. The molecule has 1 heterocycles. The highest BCUT2D eigenvalue weighted by Gasteiger charge is 2.27. The third-order valence-corrected chi connectivity index (χ3v) is 4.66. The fraction of sp³-hybridized carbons (Fsp3) is 0.381. The van der Waals surface area contributed by atoms with E-state index in [4.69, 9.17) is 4.84 Å². The first-order valence-electron chi connectivity index (χ1n) is 8.95. The summed E-state index contributed by atoms with van der Waals surface area (Å²) in [4.78, 5) is 20.3. The third kappa shape index (κ3) is 5.15. The zero-order chi connectivity index (χ0) is 17.5. The van der Waals surface area contributed by atoms with Crippen molar-refractivity contribution in [2.75, 3.05) is 13.1 Å². The number of rotatable bonds is 6. The van der Waals surface area contributed by atoms with Crippen molar-refractivity contribution in [3.05, 3.63) is 71.8 Å². The van der Waals surface area contributed by atoms with Crippen molar-refractivity contribution < 1.29 is 9.63 Å². The number of likely N-dealkylation sites (tertiary alicyclic amines) is 1. The Kier molecular flexibility index (Phi) is 6.20. The van der Waals surface area contributed by atoms with Gasteiger partial charge in [-0.1, -0.05) is 60.7 Å². The van der Waals surface area contributed by atoms with Crippen LogP contribution in [0.25, 0.3) is 0 Å². The number of carbonyl (C=O) groups is 1. The zero-order valence-electron chi connectivity index (χ0n) is 14.8. The van der Waals surface area contributed by atoms with Gasteiger partial charge in [0.2, 0.25) is 5.91 Å². The van der Waals surface area contributed by atoms with Crippen LogP contribution < -0.4 is 0 Å². The van der Waals surface area contributed by atoms with Gasteiger partial charge in [-0.2, -0.15) is 0 Å². The molecule has 1 saturated heterocycles. The molecule has 0 aliphatic carbocycles. The van der Waals surface area contributed by atoms with Crippen LogP contribution in [-0.4, -0.2) is 35.0 Å². The molecule has 0 N–H and O–H groups in total. The lowest BCUT2D eigenvalue weighted by Gasteiger charge is -2.37. The summed E-state index contributed by atoms with van der Waals surface area (Å²) in [7, 11) is 0. The van der Waals surface area contributed by atoms with Crippen molar-refractivity contribution in [2.24, 2.45) is 0 Å². The van der Waals surface area contributed by atoms with Crippen LogP contribution in [0.1, 0.15) is 30.9 Å². The standard InChI is InChI=1S/C21H26N2O2/c1-18(24)23(25-17-20-10-6-3-7-11-20)21-12-14-22(15-13-21)16-19-8-4-2-5-9-19/h2-11,21H,12-17H2,1H3. The molecule has 0 spiro atoms. The van der Waals surface area contributed by atoms with E-state index in [-0.39, 0.29) is 11.9 Å². The van der Waals surface area contributed by atoms with E-state index >= 15 is 0 Å². The fourth-order valence-electron chi connectivity index (χ4n) is 3.33. The van der Waals surface area contributed by atoms with Crippen LogP contribution in [0, 0.1) is 0 Å². The molecule has 0 unspecified atom stereocenters.